The first-order chi connectivity index (χ1) is 10.3. The zero-order chi connectivity index (χ0) is 16.3. The van der Waals surface area contributed by atoms with E-state index in [1.165, 1.54) is 36.2 Å². The number of anilines is 2. The summed E-state index contributed by atoms with van der Waals surface area (Å²) in [5.41, 5.74) is 12.1. The van der Waals surface area contributed by atoms with Crippen LogP contribution in [0.15, 0.2) is 40.4 Å². The van der Waals surface area contributed by atoms with Gasteiger partial charge >= 0.3 is 0 Å². The molecule has 0 saturated heterocycles. The monoisotopic (exact) mass is 339 g/mol. The smallest absolute Gasteiger partial charge is 0.242 e. The second kappa shape index (κ2) is 6.51. The van der Waals surface area contributed by atoms with Gasteiger partial charge in [0.15, 0.2) is 5.16 Å². The summed E-state index contributed by atoms with van der Waals surface area (Å²) < 4.78 is 25.4. The van der Waals surface area contributed by atoms with Crippen molar-refractivity contribution >= 4 is 33.4 Å². The molecule has 7 nitrogen and oxygen atoms in total. The molecule has 0 saturated carbocycles. The SMILES string of the molecule is CN(C)S(=O)(=O)c1cccc(CSc2nc(N)cc(N)n2)c1. The van der Waals surface area contributed by atoms with Gasteiger partial charge in [-0.25, -0.2) is 22.7 Å². The third kappa shape index (κ3) is 3.87. The summed E-state index contributed by atoms with van der Waals surface area (Å²) in [5, 5.41) is 0.457. The van der Waals surface area contributed by atoms with E-state index in [4.69, 9.17) is 11.5 Å². The Morgan fingerprint density at radius 2 is 1.77 bits per heavy atom. The van der Waals surface area contributed by atoms with E-state index in [1.54, 1.807) is 18.2 Å². The molecule has 0 aliphatic carbocycles. The van der Waals surface area contributed by atoms with Crippen molar-refractivity contribution in [2.24, 2.45) is 0 Å². The highest BCUT2D eigenvalue weighted by atomic mass is 32.2. The van der Waals surface area contributed by atoms with Crippen LogP contribution in [-0.2, 0) is 15.8 Å². The van der Waals surface area contributed by atoms with Crippen molar-refractivity contribution in [3.05, 3.63) is 35.9 Å². The van der Waals surface area contributed by atoms with Gasteiger partial charge < -0.3 is 11.5 Å². The number of hydrogen-bond donors (Lipinski definition) is 2. The van der Waals surface area contributed by atoms with Crippen LogP contribution in [0.2, 0.25) is 0 Å². The molecule has 0 bridgehead atoms. The maximum absolute atomic E-state index is 12.1. The fourth-order valence-corrected chi connectivity index (χ4v) is 3.47. The molecule has 2 aromatic rings. The molecular weight excluding hydrogens is 322 g/mol. The highest BCUT2D eigenvalue weighted by Crippen LogP contribution is 2.23. The molecule has 0 fully saturated rings. The number of thioether (sulfide) groups is 1. The van der Waals surface area contributed by atoms with Gasteiger partial charge in [0.25, 0.3) is 0 Å². The van der Waals surface area contributed by atoms with Crippen LogP contribution in [-0.4, -0.2) is 36.8 Å². The number of hydrogen-bond acceptors (Lipinski definition) is 7. The molecule has 4 N–H and O–H groups in total. The third-order valence-electron chi connectivity index (χ3n) is 2.79. The standard InChI is InChI=1S/C13H17N5O2S2/c1-18(2)22(19,20)10-5-3-4-9(6-10)8-21-13-16-11(14)7-12(15)17-13/h3-7H,8H2,1-2H3,(H4,14,15,16,17). The van der Waals surface area contributed by atoms with Crippen LogP contribution >= 0.6 is 11.8 Å². The Hall–Kier alpha value is -1.84. The second-order valence-corrected chi connectivity index (χ2v) is 7.82. The van der Waals surface area contributed by atoms with Crippen LogP contribution in [0, 0.1) is 0 Å². The van der Waals surface area contributed by atoms with Crippen molar-refractivity contribution < 1.29 is 8.42 Å². The Morgan fingerprint density at radius 1 is 1.14 bits per heavy atom. The molecule has 1 aromatic carbocycles. The van der Waals surface area contributed by atoms with Crippen LogP contribution in [0.4, 0.5) is 11.6 Å². The summed E-state index contributed by atoms with van der Waals surface area (Å²) in [5.74, 6) is 1.12. The minimum Gasteiger partial charge on any atom is -0.383 e. The summed E-state index contributed by atoms with van der Waals surface area (Å²) in [6, 6.07) is 8.24. The Kier molecular flexibility index (Phi) is 4.89. The third-order valence-corrected chi connectivity index (χ3v) is 5.52. The predicted octanol–water partition coefficient (Wildman–Crippen LogP) is 1.18. The van der Waals surface area contributed by atoms with Gasteiger partial charge in [-0.1, -0.05) is 23.9 Å². The van der Waals surface area contributed by atoms with Crippen LogP contribution < -0.4 is 11.5 Å². The van der Waals surface area contributed by atoms with Gasteiger partial charge in [0.2, 0.25) is 10.0 Å². The molecule has 0 atom stereocenters. The summed E-state index contributed by atoms with van der Waals surface area (Å²) in [6.07, 6.45) is 0. The molecular formula is C13H17N5O2S2. The Morgan fingerprint density at radius 3 is 2.36 bits per heavy atom. The van der Waals surface area contributed by atoms with Crippen molar-refractivity contribution in [3.63, 3.8) is 0 Å². The number of benzene rings is 1. The number of nitrogens with zero attached hydrogens (tertiary/aromatic N) is 3. The quantitative estimate of drug-likeness (QED) is 0.621. The zero-order valence-corrected chi connectivity index (χ0v) is 13.9. The lowest BCUT2D eigenvalue weighted by Gasteiger charge is -2.12. The number of aromatic nitrogens is 2. The van der Waals surface area contributed by atoms with Crippen LogP contribution in [0.3, 0.4) is 0 Å². The van der Waals surface area contributed by atoms with E-state index >= 15 is 0 Å². The van der Waals surface area contributed by atoms with E-state index in [-0.39, 0.29) is 4.90 Å². The van der Waals surface area contributed by atoms with Gasteiger partial charge in [0, 0.05) is 25.9 Å². The lowest BCUT2D eigenvalue weighted by atomic mass is 10.2. The summed E-state index contributed by atoms with van der Waals surface area (Å²) in [7, 11) is -0.443. The largest absolute Gasteiger partial charge is 0.383 e. The normalized spacial score (nSPS) is 11.8. The number of sulfonamides is 1. The van der Waals surface area contributed by atoms with E-state index in [0.29, 0.717) is 22.5 Å². The summed E-state index contributed by atoms with van der Waals surface area (Å²) in [4.78, 5) is 8.40. The van der Waals surface area contributed by atoms with Crippen LogP contribution in [0.25, 0.3) is 0 Å². The highest BCUT2D eigenvalue weighted by molar-refractivity contribution is 7.98. The van der Waals surface area contributed by atoms with Crippen molar-refractivity contribution in [1.82, 2.24) is 14.3 Å². The van der Waals surface area contributed by atoms with E-state index in [0.717, 1.165) is 5.56 Å². The first kappa shape index (κ1) is 16.5. The van der Waals surface area contributed by atoms with Crippen LogP contribution in [0.1, 0.15) is 5.56 Å². The number of rotatable bonds is 5. The second-order valence-electron chi connectivity index (χ2n) is 4.72. The van der Waals surface area contributed by atoms with Crippen molar-refractivity contribution in [2.45, 2.75) is 15.8 Å². The first-order valence-corrected chi connectivity index (χ1v) is 8.76. The molecule has 0 amide bonds. The first-order valence-electron chi connectivity index (χ1n) is 6.33. The molecule has 1 heterocycles. The van der Waals surface area contributed by atoms with E-state index in [2.05, 4.69) is 9.97 Å². The molecule has 0 aliphatic heterocycles. The Bertz CT molecular complexity index is 757. The van der Waals surface area contributed by atoms with E-state index in [9.17, 15) is 8.42 Å². The lowest BCUT2D eigenvalue weighted by molar-refractivity contribution is 0.520. The lowest BCUT2D eigenvalue weighted by Crippen LogP contribution is -2.22. The van der Waals surface area contributed by atoms with Crippen molar-refractivity contribution in [2.75, 3.05) is 25.6 Å². The Balaban J connectivity index is 2.18. The molecule has 2 rings (SSSR count). The fraction of sp³-hybridized carbons (Fsp3) is 0.231. The minimum absolute atomic E-state index is 0.253. The maximum Gasteiger partial charge on any atom is 0.242 e. The minimum atomic E-state index is -3.44. The van der Waals surface area contributed by atoms with Gasteiger partial charge in [-0.2, -0.15) is 0 Å². The molecule has 9 heteroatoms. The van der Waals surface area contributed by atoms with Gasteiger partial charge in [-0.05, 0) is 17.7 Å². The van der Waals surface area contributed by atoms with Crippen LogP contribution in [0.5, 0.6) is 0 Å². The summed E-state index contributed by atoms with van der Waals surface area (Å²) >= 11 is 1.34. The molecule has 118 valence electrons. The Labute approximate surface area is 133 Å². The predicted molar refractivity (Wildman–Crippen MR) is 87.7 cm³/mol. The summed E-state index contributed by atoms with van der Waals surface area (Å²) in [6.45, 7) is 0. The van der Waals surface area contributed by atoms with E-state index < -0.39 is 10.0 Å². The molecule has 1 aromatic heterocycles. The van der Waals surface area contributed by atoms with Gasteiger partial charge in [0.05, 0.1) is 4.90 Å². The molecule has 0 radical (unpaired) electrons. The van der Waals surface area contributed by atoms with Gasteiger partial charge in [-0.15, -0.1) is 0 Å². The average Bonchev–Trinajstić information content (AvgIpc) is 2.44. The number of nitrogen functional groups attached to an aromatic ring is 2. The van der Waals surface area contributed by atoms with Gasteiger partial charge in [-0.3, -0.25) is 0 Å². The van der Waals surface area contributed by atoms with E-state index in [1.807, 2.05) is 6.07 Å². The maximum atomic E-state index is 12.1. The molecule has 0 spiro atoms. The van der Waals surface area contributed by atoms with Crippen molar-refractivity contribution in [3.8, 4) is 0 Å². The van der Waals surface area contributed by atoms with Crippen molar-refractivity contribution in [1.29, 1.82) is 0 Å². The van der Waals surface area contributed by atoms with Gasteiger partial charge in [0.1, 0.15) is 11.6 Å². The highest BCUT2D eigenvalue weighted by Gasteiger charge is 2.17. The molecule has 0 unspecified atom stereocenters. The number of nitrogens with two attached hydrogens (primary N) is 2. The topological polar surface area (TPSA) is 115 Å². The average molecular weight is 339 g/mol. The fourth-order valence-electron chi connectivity index (χ4n) is 1.68. The molecule has 22 heavy (non-hydrogen) atoms. The molecule has 0 aliphatic rings. The zero-order valence-electron chi connectivity index (χ0n) is 12.2.